The minimum Gasteiger partial charge on any atom is -0.446 e. The molecule has 6 heteroatoms. The number of carbonyl (C=O) groups is 1. The van der Waals surface area contributed by atoms with E-state index in [4.69, 9.17) is 18.9 Å². The second-order valence-corrected chi connectivity index (χ2v) is 15.7. The number of amides is 1. The molecule has 4 unspecified atom stereocenters. The van der Waals surface area contributed by atoms with E-state index in [1.54, 1.807) is 5.57 Å². The molecule has 254 valence electrons. The van der Waals surface area contributed by atoms with Gasteiger partial charge in [0.05, 0.1) is 26.4 Å². The average Bonchev–Trinajstić information content (AvgIpc) is 3.35. The van der Waals surface area contributed by atoms with Crippen LogP contribution in [0.2, 0.25) is 0 Å². The van der Waals surface area contributed by atoms with Crippen molar-refractivity contribution in [3.8, 4) is 0 Å². The van der Waals surface area contributed by atoms with E-state index < -0.39 is 0 Å². The predicted octanol–water partition coefficient (Wildman–Crippen LogP) is 8.97. The number of hydrogen-bond donors (Lipinski definition) is 1. The summed E-state index contributed by atoms with van der Waals surface area (Å²) in [5.41, 5.74) is 2.39. The fourth-order valence-corrected chi connectivity index (χ4v) is 10.00. The van der Waals surface area contributed by atoms with Crippen LogP contribution in [0.1, 0.15) is 125 Å². The largest absolute Gasteiger partial charge is 0.446 e. The van der Waals surface area contributed by atoms with Crippen LogP contribution >= 0.6 is 0 Å². The first-order valence-corrected chi connectivity index (χ1v) is 18.6. The Hall–Kier alpha value is -1.11. The average molecular weight is 618 g/mol. The molecule has 3 fully saturated rings. The molecule has 0 aromatic rings. The third-order valence-corrected chi connectivity index (χ3v) is 12.4. The zero-order chi connectivity index (χ0) is 31.6. The fraction of sp³-hybridized carbons (Fsp3) is 0.921. The molecule has 0 spiro atoms. The van der Waals surface area contributed by atoms with E-state index in [2.05, 4.69) is 52.9 Å². The third-order valence-electron chi connectivity index (χ3n) is 12.4. The van der Waals surface area contributed by atoms with Gasteiger partial charge in [0, 0.05) is 26.2 Å². The molecule has 4 rings (SSSR count). The van der Waals surface area contributed by atoms with Crippen LogP contribution < -0.4 is 5.32 Å². The summed E-state index contributed by atoms with van der Waals surface area (Å²) >= 11 is 0. The minimum atomic E-state index is -0.281. The first-order valence-electron chi connectivity index (χ1n) is 18.6. The SMILES string of the molecule is CCCOCCOCCOCCCNC(=O)O[C@@H]1CC[C@]2(C)C(=CCC3C4CCC([C@@H](C)CCCC(C)C)[C@]4(C)CCC32)C1. The van der Waals surface area contributed by atoms with Gasteiger partial charge in [0.25, 0.3) is 0 Å². The number of hydrogen-bond acceptors (Lipinski definition) is 5. The summed E-state index contributed by atoms with van der Waals surface area (Å²) in [6.45, 7) is 19.0. The lowest BCUT2D eigenvalue weighted by Crippen LogP contribution is -2.51. The van der Waals surface area contributed by atoms with E-state index in [1.807, 2.05) is 0 Å². The molecule has 1 amide bonds. The van der Waals surface area contributed by atoms with Gasteiger partial charge >= 0.3 is 6.09 Å². The van der Waals surface area contributed by atoms with Crippen molar-refractivity contribution in [1.29, 1.82) is 0 Å². The maximum atomic E-state index is 12.6. The van der Waals surface area contributed by atoms with Crippen molar-refractivity contribution < 1.29 is 23.7 Å². The summed E-state index contributed by atoms with van der Waals surface area (Å²) in [6, 6.07) is 0. The number of nitrogens with one attached hydrogen (secondary N) is 1. The van der Waals surface area contributed by atoms with Gasteiger partial charge < -0.3 is 24.3 Å². The number of allylic oxidation sites excluding steroid dienone is 1. The van der Waals surface area contributed by atoms with Gasteiger partial charge in [-0.3, -0.25) is 0 Å². The van der Waals surface area contributed by atoms with Gasteiger partial charge in [-0.15, -0.1) is 0 Å². The van der Waals surface area contributed by atoms with Crippen LogP contribution in [-0.4, -0.2) is 58.4 Å². The van der Waals surface area contributed by atoms with E-state index in [9.17, 15) is 4.79 Å². The second kappa shape index (κ2) is 17.2. The lowest BCUT2D eigenvalue weighted by atomic mass is 9.47. The molecule has 0 heterocycles. The van der Waals surface area contributed by atoms with Gasteiger partial charge in [-0.05, 0) is 104 Å². The van der Waals surface area contributed by atoms with Crippen LogP contribution in [0.25, 0.3) is 0 Å². The van der Waals surface area contributed by atoms with Gasteiger partial charge in [-0.25, -0.2) is 4.79 Å². The highest BCUT2D eigenvalue weighted by atomic mass is 16.6. The van der Waals surface area contributed by atoms with Crippen molar-refractivity contribution >= 4 is 6.09 Å². The molecule has 3 saturated carbocycles. The highest BCUT2D eigenvalue weighted by Gasteiger charge is 2.59. The Morgan fingerprint density at radius 1 is 0.886 bits per heavy atom. The molecule has 8 atom stereocenters. The number of rotatable bonds is 18. The molecule has 0 radical (unpaired) electrons. The van der Waals surface area contributed by atoms with Gasteiger partial charge in [-0.1, -0.05) is 72.5 Å². The molecular weight excluding hydrogens is 550 g/mol. The zero-order valence-electron chi connectivity index (χ0n) is 29.3. The minimum absolute atomic E-state index is 0.00279. The Bertz CT molecular complexity index is 906. The van der Waals surface area contributed by atoms with E-state index in [1.165, 1.54) is 51.4 Å². The Morgan fingerprint density at radius 2 is 1.61 bits per heavy atom. The quantitative estimate of drug-likeness (QED) is 0.123. The highest BCUT2D eigenvalue weighted by molar-refractivity contribution is 5.67. The summed E-state index contributed by atoms with van der Waals surface area (Å²) < 4.78 is 22.4. The fourth-order valence-electron chi connectivity index (χ4n) is 10.00. The number of ether oxygens (including phenoxy) is 4. The molecule has 4 aliphatic carbocycles. The van der Waals surface area contributed by atoms with Crippen LogP contribution in [-0.2, 0) is 18.9 Å². The van der Waals surface area contributed by atoms with Crippen molar-refractivity contribution in [3.05, 3.63) is 11.6 Å². The molecule has 0 bridgehead atoms. The Balaban J connectivity index is 1.17. The highest BCUT2D eigenvalue weighted by Crippen LogP contribution is 2.67. The molecule has 1 N–H and O–H groups in total. The van der Waals surface area contributed by atoms with Crippen molar-refractivity contribution in [2.75, 3.05) is 46.2 Å². The van der Waals surface area contributed by atoms with Gasteiger partial charge in [0.15, 0.2) is 0 Å². The Morgan fingerprint density at radius 3 is 2.34 bits per heavy atom. The lowest BCUT2D eigenvalue weighted by Gasteiger charge is -2.58. The summed E-state index contributed by atoms with van der Waals surface area (Å²) in [7, 11) is 0. The first-order chi connectivity index (χ1) is 21.2. The van der Waals surface area contributed by atoms with Gasteiger partial charge in [0.2, 0.25) is 0 Å². The molecule has 0 aromatic heterocycles. The molecule has 4 aliphatic rings. The van der Waals surface area contributed by atoms with Crippen LogP contribution in [0.15, 0.2) is 11.6 Å². The predicted molar refractivity (Wildman–Crippen MR) is 179 cm³/mol. The van der Waals surface area contributed by atoms with E-state index in [0.717, 1.165) is 74.2 Å². The van der Waals surface area contributed by atoms with E-state index in [0.29, 0.717) is 45.0 Å². The van der Waals surface area contributed by atoms with E-state index >= 15 is 0 Å². The number of fused-ring (bicyclic) bond motifs is 5. The summed E-state index contributed by atoms with van der Waals surface area (Å²) in [4.78, 5) is 12.6. The standard InChI is InChI=1S/C38H67NO5/c1-7-21-41-23-25-43-26-24-42-22-9-20-39-36(40)44-31-16-18-37(5)30(27-31)12-13-32-34-15-14-33(29(4)11-8-10-28(2)3)38(34,6)19-17-35(32)37/h12,28-29,31-35H,7-11,13-27H2,1-6H3,(H,39,40)/t29-,31+,32?,33?,34?,35?,37+,38-/m0/s1. The van der Waals surface area contributed by atoms with Crippen LogP contribution in [0, 0.1) is 46.3 Å². The molecule has 0 aromatic carbocycles. The van der Waals surface area contributed by atoms with Crippen LogP contribution in [0.4, 0.5) is 4.79 Å². The van der Waals surface area contributed by atoms with Crippen molar-refractivity contribution in [2.24, 2.45) is 46.3 Å². The topological polar surface area (TPSA) is 66.0 Å². The van der Waals surface area contributed by atoms with Crippen molar-refractivity contribution in [2.45, 2.75) is 131 Å². The summed E-state index contributed by atoms with van der Waals surface area (Å²) in [5, 5.41) is 2.94. The molecule has 44 heavy (non-hydrogen) atoms. The molecule has 0 aliphatic heterocycles. The third kappa shape index (κ3) is 9.03. The molecule has 6 nitrogen and oxygen atoms in total. The zero-order valence-corrected chi connectivity index (χ0v) is 29.3. The molecular formula is C38H67NO5. The summed E-state index contributed by atoms with van der Waals surface area (Å²) in [5.74, 6) is 5.11. The van der Waals surface area contributed by atoms with Crippen molar-refractivity contribution in [3.63, 3.8) is 0 Å². The van der Waals surface area contributed by atoms with Crippen molar-refractivity contribution in [1.82, 2.24) is 5.32 Å². The lowest BCUT2D eigenvalue weighted by molar-refractivity contribution is -0.0581. The summed E-state index contributed by atoms with van der Waals surface area (Å²) in [6.07, 6.45) is 18.3. The smallest absolute Gasteiger partial charge is 0.407 e. The van der Waals surface area contributed by atoms with Crippen LogP contribution in [0.5, 0.6) is 0 Å². The maximum absolute atomic E-state index is 12.6. The number of alkyl carbamates (subject to hydrolysis) is 1. The van der Waals surface area contributed by atoms with Gasteiger partial charge in [-0.2, -0.15) is 0 Å². The van der Waals surface area contributed by atoms with Gasteiger partial charge in [0.1, 0.15) is 6.10 Å². The number of carbonyl (C=O) groups excluding carboxylic acids is 1. The molecule has 0 saturated heterocycles. The monoisotopic (exact) mass is 618 g/mol. The Kier molecular flexibility index (Phi) is 13.9. The van der Waals surface area contributed by atoms with E-state index in [-0.39, 0.29) is 17.6 Å². The second-order valence-electron chi connectivity index (χ2n) is 15.7. The van der Waals surface area contributed by atoms with Crippen LogP contribution in [0.3, 0.4) is 0 Å². The Labute approximate surface area is 270 Å². The maximum Gasteiger partial charge on any atom is 0.407 e. The normalized spacial score (nSPS) is 33.7. The first kappa shape index (κ1) is 35.7.